The molecule has 7 heteroatoms. The van der Waals surface area contributed by atoms with Crippen LogP contribution in [0.15, 0.2) is 42.5 Å². The number of aromatic nitrogens is 1. The molecule has 5 nitrogen and oxygen atoms in total. The van der Waals surface area contributed by atoms with Crippen molar-refractivity contribution in [2.75, 3.05) is 13.7 Å². The fraction of sp³-hybridized carbons (Fsp3) is 0.429. The van der Waals surface area contributed by atoms with Crippen LogP contribution < -0.4 is 10.1 Å². The Bertz CT molecular complexity index is 1180. The fourth-order valence-electron chi connectivity index (χ4n) is 4.38. The van der Waals surface area contributed by atoms with Crippen LogP contribution in [0.4, 0.5) is 0 Å². The van der Waals surface area contributed by atoms with Gasteiger partial charge in [0.2, 0.25) is 5.91 Å². The standard InChI is InChI=1S/C28H37ClN2O3Si/c1-20-24(19-27(32)30-16-8-6-7-9-17-35(3,4)5)25-18-23(34-2)14-15-26(25)31(20)28(33)21-10-12-22(29)13-11-21/h10-15,18H,6-9,16-17,19H2,1-5H3,(H,30,32). The summed E-state index contributed by atoms with van der Waals surface area (Å²) in [7, 11) is 0.648. The first kappa shape index (κ1) is 27.0. The molecule has 0 aliphatic carbocycles. The zero-order valence-electron chi connectivity index (χ0n) is 21.5. The first-order chi connectivity index (χ1) is 16.6. The van der Waals surface area contributed by atoms with Crippen LogP contribution in [0.25, 0.3) is 10.9 Å². The summed E-state index contributed by atoms with van der Waals surface area (Å²) in [6.07, 6.45) is 4.84. The Morgan fingerprint density at radius 2 is 1.69 bits per heavy atom. The number of ether oxygens (including phenoxy) is 1. The molecular weight excluding hydrogens is 476 g/mol. The lowest BCUT2D eigenvalue weighted by atomic mass is 10.1. The first-order valence-corrected chi connectivity index (χ1v) is 16.4. The van der Waals surface area contributed by atoms with Crippen molar-refractivity contribution in [3.05, 3.63) is 64.3 Å². The summed E-state index contributed by atoms with van der Waals surface area (Å²) in [5.74, 6) is 0.504. The van der Waals surface area contributed by atoms with Crippen molar-refractivity contribution >= 4 is 42.4 Å². The van der Waals surface area contributed by atoms with Gasteiger partial charge in [0.25, 0.3) is 5.91 Å². The Morgan fingerprint density at radius 1 is 1.00 bits per heavy atom. The number of rotatable bonds is 11. The SMILES string of the molecule is COc1ccc2c(c1)c(CC(=O)NCCCCCC[Si](C)(C)C)c(C)n2C(=O)c1ccc(Cl)cc1. The van der Waals surface area contributed by atoms with Crippen molar-refractivity contribution in [3.63, 3.8) is 0 Å². The Labute approximate surface area is 214 Å². The van der Waals surface area contributed by atoms with E-state index in [1.807, 2.05) is 25.1 Å². The molecule has 1 heterocycles. The molecule has 188 valence electrons. The number of methoxy groups -OCH3 is 1. The number of unbranched alkanes of at least 4 members (excludes halogenated alkanes) is 3. The van der Waals surface area contributed by atoms with Gasteiger partial charge < -0.3 is 10.1 Å². The molecular formula is C28H37ClN2O3Si. The van der Waals surface area contributed by atoms with Crippen LogP contribution in [0, 0.1) is 6.92 Å². The number of amides is 1. The molecule has 0 aliphatic heterocycles. The molecule has 0 atom stereocenters. The normalized spacial score (nSPS) is 11.6. The van der Waals surface area contributed by atoms with E-state index < -0.39 is 8.07 Å². The van der Waals surface area contributed by atoms with Crippen LogP contribution >= 0.6 is 11.6 Å². The van der Waals surface area contributed by atoms with Gasteiger partial charge in [-0.2, -0.15) is 0 Å². The van der Waals surface area contributed by atoms with Crippen LogP contribution in [-0.4, -0.2) is 38.1 Å². The van der Waals surface area contributed by atoms with Gasteiger partial charge >= 0.3 is 0 Å². The van der Waals surface area contributed by atoms with E-state index in [1.54, 1.807) is 35.9 Å². The second kappa shape index (κ2) is 11.9. The average molecular weight is 513 g/mol. The van der Waals surface area contributed by atoms with Crippen LogP contribution in [0.1, 0.15) is 47.3 Å². The van der Waals surface area contributed by atoms with Gasteiger partial charge in [-0.15, -0.1) is 0 Å². The van der Waals surface area contributed by atoms with Crippen LogP contribution in [-0.2, 0) is 11.2 Å². The maximum Gasteiger partial charge on any atom is 0.262 e. The number of hydrogen-bond acceptors (Lipinski definition) is 3. The molecule has 3 rings (SSSR count). The molecule has 1 aromatic heterocycles. The number of benzene rings is 2. The second-order valence-electron chi connectivity index (χ2n) is 10.3. The molecule has 0 spiro atoms. The highest BCUT2D eigenvalue weighted by Gasteiger charge is 2.22. The van der Waals surface area contributed by atoms with Crippen molar-refractivity contribution < 1.29 is 14.3 Å². The maximum atomic E-state index is 13.4. The lowest BCUT2D eigenvalue weighted by Crippen LogP contribution is -2.26. The van der Waals surface area contributed by atoms with Crippen molar-refractivity contribution in [2.24, 2.45) is 0 Å². The minimum atomic E-state index is -0.963. The molecule has 0 radical (unpaired) electrons. The van der Waals surface area contributed by atoms with E-state index in [0.29, 0.717) is 22.9 Å². The quantitative estimate of drug-likeness (QED) is 0.225. The van der Waals surface area contributed by atoms with Gasteiger partial charge in [0.1, 0.15) is 5.75 Å². The van der Waals surface area contributed by atoms with E-state index in [2.05, 4.69) is 25.0 Å². The fourth-order valence-corrected chi connectivity index (χ4v) is 5.82. The summed E-state index contributed by atoms with van der Waals surface area (Å²) in [5.41, 5.74) is 2.90. The van der Waals surface area contributed by atoms with Crippen LogP contribution in [0.2, 0.25) is 30.7 Å². The minimum absolute atomic E-state index is 0.0315. The summed E-state index contributed by atoms with van der Waals surface area (Å²) < 4.78 is 7.10. The molecule has 3 aromatic rings. The number of hydrogen-bond donors (Lipinski definition) is 1. The predicted molar refractivity (Wildman–Crippen MR) is 148 cm³/mol. The molecule has 0 saturated heterocycles. The van der Waals surface area contributed by atoms with Gasteiger partial charge in [-0.25, -0.2) is 0 Å². The van der Waals surface area contributed by atoms with Gasteiger partial charge in [0.15, 0.2) is 0 Å². The average Bonchev–Trinajstić information content (AvgIpc) is 3.08. The largest absolute Gasteiger partial charge is 0.497 e. The van der Waals surface area contributed by atoms with E-state index in [9.17, 15) is 9.59 Å². The smallest absolute Gasteiger partial charge is 0.262 e. The molecule has 2 aromatic carbocycles. The van der Waals surface area contributed by atoms with Crippen molar-refractivity contribution in [1.82, 2.24) is 9.88 Å². The molecule has 1 N–H and O–H groups in total. The lowest BCUT2D eigenvalue weighted by Gasteiger charge is -2.14. The number of carbonyl (C=O) groups excluding carboxylic acids is 2. The van der Waals surface area contributed by atoms with E-state index >= 15 is 0 Å². The van der Waals surface area contributed by atoms with Gasteiger partial charge in [0, 0.05) is 36.3 Å². The van der Waals surface area contributed by atoms with E-state index in [-0.39, 0.29) is 18.2 Å². The molecule has 0 bridgehead atoms. The topological polar surface area (TPSA) is 60.3 Å². The third-order valence-corrected chi connectivity index (χ3v) is 8.45. The third-order valence-electron chi connectivity index (χ3n) is 6.35. The minimum Gasteiger partial charge on any atom is -0.497 e. The van der Waals surface area contributed by atoms with E-state index in [1.165, 1.54) is 18.9 Å². The number of fused-ring (bicyclic) bond motifs is 1. The first-order valence-electron chi connectivity index (χ1n) is 12.4. The van der Waals surface area contributed by atoms with Gasteiger partial charge in [-0.05, 0) is 61.4 Å². The molecule has 0 fully saturated rings. The molecule has 0 saturated carbocycles. The van der Waals surface area contributed by atoms with Crippen molar-refractivity contribution in [2.45, 2.75) is 64.7 Å². The molecule has 1 amide bonds. The number of carbonyl (C=O) groups is 2. The van der Waals surface area contributed by atoms with Crippen molar-refractivity contribution in [1.29, 1.82) is 0 Å². The van der Waals surface area contributed by atoms with Crippen LogP contribution in [0.3, 0.4) is 0 Å². The Balaban J connectivity index is 1.73. The second-order valence-corrected chi connectivity index (χ2v) is 16.4. The Morgan fingerprint density at radius 3 is 2.34 bits per heavy atom. The maximum absolute atomic E-state index is 13.4. The zero-order valence-corrected chi connectivity index (χ0v) is 23.3. The third kappa shape index (κ3) is 7.21. The predicted octanol–water partition coefficient (Wildman–Crippen LogP) is 6.86. The number of halogens is 1. The summed E-state index contributed by atoms with van der Waals surface area (Å²) in [6, 6.07) is 13.8. The number of nitrogens with one attached hydrogen (secondary N) is 1. The highest BCUT2D eigenvalue weighted by Crippen LogP contribution is 2.31. The summed E-state index contributed by atoms with van der Waals surface area (Å²) in [4.78, 5) is 26.2. The molecule has 0 unspecified atom stereocenters. The Hall–Kier alpha value is -2.57. The van der Waals surface area contributed by atoms with E-state index in [4.69, 9.17) is 16.3 Å². The Kier molecular flexibility index (Phi) is 9.19. The molecule has 35 heavy (non-hydrogen) atoms. The molecule has 0 aliphatic rings. The number of nitrogens with zero attached hydrogens (tertiary/aromatic N) is 1. The van der Waals surface area contributed by atoms with Crippen LogP contribution in [0.5, 0.6) is 5.75 Å². The summed E-state index contributed by atoms with van der Waals surface area (Å²) in [5, 5.41) is 4.49. The lowest BCUT2D eigenvalue weighted by molar-refractivity contribution is -0.120. The van der Waals surface area contributed by atoms with Gasteiger partial charge in [-0.1, -0.05) is 56.5 Å². The zero-order chi connectivity index (χ0) is 25.6. The van der Waals surface area contributed by atoms with Crippen molar-refractivity contribution in [3.8, 4) is 5.75 Å². The highest BCUT2D eigenvalue weighted by molar-refractivity contribution is 6.76. The summed E-state index contributed by atoms with van der Waals surface area (Å²) in [6.45, 7) is 9.79. The highest BCUT2D eigenvalue weighted by atomic mass is 35.5. The summed E-state index contributed by atoms with van der Waals surface area (Å²) >= 11 is 6.00. The monoisotopic (exact) mass is 512 g/mol. The van der Waals surface area contributed by atoms with Gasteiger partial charge in [0.05, 0.1) is 19.0 Å². The van der Waals surface area contributed by atoms with E-state index in [0.717, 1.165) is 35.0 Å². The van der Waals surface area contributed by atoms with Gasteiger partial charge in [-0.3, -0.25) is 14.2 Å².